The van der Waals surface area contributed by atoms with Crippen molar-refractivity contribution in [3.63, 3.8) is 0 Å². The largest absolute Gasteiger partial charge is 0.393 e. The summed E-state index contributed by atoms with van der Waals surface area (Å²) in [6.07, 6.45) is 15.0. The lowest BCUT2D eigenvalue weighted by molar-refractivity contribution is 0.128. The first-order valence-corrected chi connectivity index (χ1v) is 7.86. The Balaban J connectivity index is 3.03. The standard InChI is InChI=1S/C16H34O/c1-4-5-6-7-8-9-10-11-12-13-14-15(2)16(3)17/h15-17H,4-14H2,1-3H3/t15-,16-/m0/s1. The molecule has 1 nitrogen and oxygen atoms in total. The van der Waals surface area contributed by atoms with Gasteiger partial charge < -0.3 is 5.11 Å². The highest BCUT2D eigenvalue weighted by atomic mass is 16.3. The summed E-state index contributed by atoms with van der Waals surface area (Å²) in [5, 5.41) is 9.36. The van der Waals surface area contributed by atoms with Crippen molar-refractivity contribution >= 4 is 0 Å². The smallest absolute Gasteiger partial charge is 0.0537 e. The van der Waals surface area contributed by atoms with Crippen molar-refractivity contribution in [2.24, 2.45) is 5.92 Å². The first-order valence-electron chi connectivity index (χ1n) is 7.86. The van der Waals surface area contributed by atoms with Gasteiger partial charge in [0.05, 0.1) is 6.10 Å². The molecule has 0 saturated heterocycles. The highest BCUT2D eigenvalue weighted by molar-refractivity contribution is 4.59. The van der Waals surface area contributed by atoms with Gasteiger partial charge in [-0.3, -0.25) is 0 Å². The molecule has 0 spiro atoms. The van der Waals surface area contributed by atoms with E-state index in [-0.39, 0.29) is 6.10 Å². The van der Waals surface area contributed by atoms with Crippen molar-refractivity contribution in [2.75, 3.05) is 0 Å². The Labute approximate surface area is 109 Å². The molecule has 104 valence electrons. The van der Waals surface area contributed by atoms with E-state index in [4.69, 9.17) is 0 Å². The average Bonchev–Trinajstić information content (AvgIpc) is 2.31. The second-order valence-electron chi connectivity index (χ2n) is 5.69. The summed E-state index contributed by atoms with van der Waals surface area (Å²) >= 11 is 0. The zero-order valence-corrected chi connectivity index (χ0v) is 12.4. The zero-order chi connectivity index (χ0) is 12.9. The summed E-state index contributed by atoms with van der Waals surface area (Å²) in [6.45, 7) is 6.33. The summed E-state index contributed by atoms with van der Waals surface area (Å²) < 4.78 is 0. The van der Waals surface area contributed by atoms with Crippen molar-refractivity contribution in [3.8, 4) is 0 Å². The predicted octanol–water partition coefficient (Wildman–Crippen LogP) is 5.31. The van der Waals surface area contributed by atoms with Crippen molar-refractivity contribution in [3.05, 3.63) is 0 Å². The lowest BCUT2D eigenvalue weighted by Crippen LogP contribution is -2.12. The van der Waals surface area contributed by atoms with Crippen LogP contribution in [-0.2, 0) is 0 Å². The van der Waals surface area contributed by atoms with Gasteiger partial charge in [0.15, 0.2) is 0 Å². The van der Waals surface area contributed by atoms with E-state index in [2.05, 4.69) is 13.8 Å². The summed E-state index contributed by atoms with van der Waals surface area (Å²) in [6, 6.07) is 0. The topological polar surface area (TPSA) is 20.2 Å². The normalized spacial score (nSPS) is 14.8. The van der Waals surface area contributed by atoms with Gasteiger partial charge in [0.25, 0.3) is 0 Å². The van der Waals surface area contributed by atoms with Crippen LogP contribution in [0.25, 0.3) is 0 Å². The van der Waals surface area contributed by atoms with Gasteiger partial charge in [0, 0.05) is 0 Å². The fourth-order valence-electron chi connectivity index (χ4n) is 2.19. The van der Waals surface area contributed by atoms with Gasteiger partial charge in [-0.1, -0.05) is 78.1 Å². The minimum absolute atomic E-state index is 0.131. The molecule has 0 aromatic carbocycles. The van der Waals surface area contributed by atoms with E-state index in [1.54, 1.807) is 0 Å². The molecule has 1 heteroatoms. The first kappa shape index (κ1) is 17.0. The predicted molar refractivity (Wildman–Crippen MR) is 77.3 cm³/mol. The maximum Gasteiger partial charge on any atom is 0.0537 e. The van der Waals surface area contributed by atoms with Crippen molar-refractivity contribution in [2.45, 2.75) is 97.5 Å². The Morgan fingerprint density at radius 3 is 1.53 bits per heavy atom. The van der Waals surface area contributed by atoms with E-state index in [0.29, 0.717) is 5.92 Å². The summed E-state index contributed by atoms with van der Waals surface area (Å²) in [4.78, 5) is 0. The van der Waals surface area contributed by atoms with E-state index in [0.717, 1.165) is 0 Å². The first-order chi connectivity index (χ1) is 8.18. The maximum absolute atomic E-state index is 9.36. The molecule has 0 bridgehead atoms. The number of unbranched alkanes of at least 4 members (excludes halogenated alkanes) is 9. The highest BCUT2D eigenvalue weighted by Gasteiger charge is 2.07. The Morgan fingerprint density at radius 1 is 0.706 bits per heavy atom. The molecule has 0 aliphatic carbocycles. The van der Waals surface area contributed by atoms with Crippen LogP contribution in [0.1, 0.15) is 91.4 Å². The Morgan fingerprint density at radius 2 is 1.12 bits per heavy atom. The van der Waals surface area contributed by atoms with Gasteiger partial charge in [-0.05, 0) is 19.3 Å². The molecule has 0 aliphatic rings. The lowest BCUT2D eigenvalue weighted by atomic mass is 9.97. The number of aliphatic hydroxyl groups excluding tert-OH is 1. The van der Waals surface area contributed by atoms with Crippen LogP contribution in [0.3, 0.4) is 0 Å². The monoisotopic (exact) mass is 242 g/mol. The van der Waals surface area contributed by atoms with E-state index in [1.165, 1.54) is 70.6 Å². The lowest BCUT2D eigenvalue weighted by Gasteiger charge is -2.13. The fraction of sp³-hybridized carbons (Fsp3) is 1.00. The number of hydrogen-bond donors (Lipinski definition) is 1. The molecule has 0 heterocycles. The Hall–Kier alpha value is -0.0400. The third-order valence-corrected chi connectivity index (χ3v) is 3.84. The van der Waals surface area contributed by atoms with Crippen LogP contribution in [-0.4, -0.2) is 11.2 Å². The molecular formula is C16H34O. The van der Waals surface area contributed by atoms with Gasteiger partial charge in [-0.2, -0.15) is 0 Å². The third kappa shape index (κ3) is 12.2. The van der Waals surface area contributed by atoms with Gasteiger partial charge in [0.2, 0.25) is 0 Å². The van der Waals surface area contributed by atoms with Crippen LogP contribution in [0.4, 0.5) is 0 Å². The maximum atomic E-state index is 9.36. The number of rotatable bonds is 12. The highest BCUT2D eigenvalue weighted by Crippen LogP contribution is 2.15. The van der Waals surface area contributed by atoms with E-state index < -0.39 is 0 Å². The quantitative estimate of drug-likeness (QED) is 0.460. The van der Waals surface area contributed by atoms with Crippen LogP contribution in [0, 0.1) is 5.92 Å². The molecular weight excluding hydrogens is 208 g/mol. The molecule has 0 aromatic heterocycles. The van der Waals surface area contributed by atoms with Gasteiger partial charge in [-0.25, -0.2) is 0 Å². The van der Waals surface area contributed by atoms with E-state index in [1.807, 2.05) is 6.92 Å². The van der Waals surface area contributed by atoms with Crippen molar-refractivity contribution < 1.29 is 5.11 Å². The SMILES string of the molecule is CCCCCCCCCCCC[C@H](C)[C@H](C)O. The second kappa shape index (κ2) is 12.4. The van der Waals surface area contributed by atoms with Crippen LogP contribution in [0.15, 0.2) is 0 Å². The van der Waals surface area contributed by atoms with Gasteiger partial charge in [-0.15, -0.1) is 0 Å². The average molecular weight is 242 g/mol. The third-order valence-electron chi connectivity index (χ3n) is 3.84. The molecule has 2 atom stereocenters. The summed E-state index contributed by atoms with van der Waals surface area (Å²) in [7, 11) is 0. The minimum atomic E-state index is -0.131. The summed E-state index contributed by atoms with van der Waals surface area (Å²) in [5.74, 6) is 0.476. The molecule has 0 unspecified atom stereocenters. The van der Waals surface area contributed by atoms with E-state index >= 15 is 0 Å². The molecule has 0 radical (unpaired) electrons. The molecule has 0 aliphatic heterocycles. The van der Waals surface area contributed by atoms with Crippen LogP contribution < -0.4 is 0 Å². The van der Waals surface area contributed by atoms with Crippen molar-refractivity contribution in [1.82, 2.24) is 0 Å². The minimum Gasteiger partial charge on any atom is -0.393 e. The molecule has 17 heavy (non-hydrogen) atoms. The van der Waals surface area contributed by atoms with Crippen LogP contribution in [0.5, 0.6) is 0 Å². The van der Waals surface area contributed by atoms with Crippen LogP contribution in [0.2, 0.25) is 0 Å². The Kier molecular flexibility index (Phi) is 12.4. The molecule has 0 fully saturated rings. The van der Waals surface area contributed by atoms with E-state index in [9.17, 15) is 5.11 Å². The Bertz CT molecular complexity index is 142. The van der Waals surface area contributed by atoms with Crippen LogP contribution >= 0.6 is 0 Å². The number of hydrogen-bond acceptors (Lipinski definition) is 1. The molecule has 0 aromatic rings. The zero-order valence-electron chi connectivity index (χ0n) is 12.4. The molecule has 0 amide bonds. The summed E-state index contributed by atoms with van der Waals surface area (Å²) in [5.41, 5.74) is 0. The second-order valence-corrected chi connectivity index (χ2v) is 5.69. The van der Waals surface area contributed by atoms with Gasteiger partial charge in [0.1, 0.15) is 0 Å². The van der Waals surface area contributed by atoms with Gasteiger partial charge >= 0.3 is 0 Å². The molecule has 0 saturated carbocycles. The fourth-order valence-corrected chi connectivity index (χ4v) is 2.19. The van der Waals surface area contributed by atoms with Crippen molar-refractivity contribution in [1.29, 1.82) is 0 Å². The molecule has 0 rings (SSSR count). The molecule has 1 N–H and O–H groups in total. The number of aliphatic hydroxyl groups is 1.